The van der Waals surface area contributed by atoms with Gasteiger partial charge < -0.3 is 9.88 Å². The van der Waals surface area contributed by atoms with Gasteiger partial charge in [-0.05, 0) is 12.1 Å². The van der Waals surface area contributed by atoms with Gasteiger partial charge >= 0.3 is 0 Å². The van der Waals surface area contributed by atoms with E-state index in [1.807, 2.05) is 18.3 Å². The first-order chi connectivity index (χ1) is 7.88. The molecule has 80 valence electrons. The van der Waals surface area contributed by atoms with Crippen molar-refractivity contribution >= 4 is 11.3 Å². The van der Waals surface area contributed by atoms with Crippen molar-refractivity contribution in [1.82, 2.24) is 14.9 Å². The van der Waals surface area contributed by atoms with E-state index in [4.69, 9.17) is 5.26 Å². The molecule has 0 aromatic carbocycles. The van der Waals surface area contributed by atoms with Crippen molar-refractivity contribution in [2.45, 2.75) is 13.1 Å². The summed E-state index contributed by atoms with van der Waals surface area (Å²) in [6.07, 6.45) is 1.90. The van der Waals surface area contributed by atoms with Gasteiger partial charge in [0.15, 0.2) is 0 Å². The van der Waals surface area contributed by atoms with Crippen LogP contribution in [0.5, 0.6) is 0 Å². The Morgan fingerprint density at radius 2 is 2.44 bits per heavy atom. The highest BCUT2D eigenvalue weighted by Gasteiger charge is 2.15. The number of rotatable bonds is 1. The van der Waals surface area contributed by atoms with Gasteiger partial charge in [-0.25, -0.2) is 4.98 Å². The molecule has 1 N–H and O–H groups in total. The molecule has 3 heterocycles. The zero-order chi connectivity index (χ0) is 11.0. The van der Waals surface area contributed by atoms with Crippen molar-refractivity contribution < 1.29 is 0 Å². The minimum atomic E-state index is 0.750. The summed E-state index contributed by atoms with van der Waals surface area (Å²) >= 11 is 1.52. The third kappa shape index (κ3) is 1.43. The summed E-state index contributed by atoms with van der Waals surface area (Å²) in [6.45, 7) is 2.76. The maximum absolute atomic E-state index is 8.81. The van der Waals surface area contributed by atoms with E-state index in [0.29, 0.717) is 0 Å². The number of thiophene rings is 1. The van der Waals surface area contributed by atoms with E-state index < -0.39 is 0 Å². The molecule has 1 aliphatic heterocycles. The Kier molecular flexibility index (Phi) is 2.24. The van der Waals surface area contributed by atoms with Crippen molar-refractivity contribution in [1.29, 1.82) is 5.26 Å². The third-order valence-corrected chi connectivity index (χ3v) is 3.71. The van der Waals surface area contributed by atoms with Crippen LogP contribution in [0.1, 0.15) is 10.7 Å². The standard InChI is InChI=1S/C11H10N4S/c12-5-8-1-2-10(16-8)9-6-14-11-7-13-3-4-15(9)11/h1-2,6,13H,3-4,7H2. The smallest absolute Gasteiger partial charge is 0.123 e. The Balaban J connectivity index is 2.06. The van der Waals surface area contributed by atoms with Gasteiger partial charge in [0.1, 0.15) is 16.8 Å². The number of nitriles is 1. The Bertz CT molecular complexity index is 561. The van der Waals surface area contributed by atoms with E-state index in [1.165, 1.54) is 11.3 Å². The average molecular weight is 230 g/mol. The Hall–Kier alpha value is -1.64. The van der Waals surface area contributed by atoms with E-state index in [9.17, 15) is 0 Å². The number of imidazole rings is 1. The van der Waals surface area contributed by atoms with Crippen molar-refractivity contribution in [2.75, 3.05) is 6.54 Å². The molecule has 3 rings (SSSR count). The molecule has 0 saturated heterocycles. The third-order valence-electron chi connectivity index (χ3n) is 2.70. The van der Waals surface area contributed by atoms with Crippen LogP contribution >= 0.6 is 11.3 Å². The molecule has 0 aliphatic carbocycles. The van der Waals surface area contributed by atoms with E-state index >= 15 is 0 Å². The van der Waals surface area contributed by atoms with Gasteiger partial charge in [0, 0.05) is 13.1 Å². The van der Waals surface area contributed by atoms with Gasteiger partial charge in [-0.2, -0.15) is 5.26 Å². The van der Waals surface area contributed by atoms with Gasteiger partial charge in [-0.15, -0.1) is 11.3 Å². The first kappa shape index (κ1) is 9.58. The zero-order valence-corrected chi connectivity index (χ0v) is 9.42. The molecular formula is C11H10N4S. The quantitative estimate of drug-likeness (QED) is 0.809. The molecule has 0 atom stereocenters. The second-order valence-corrected chi connectivity index (χ2v) is 4.75. The Labute approximate surface area is 97.2 Å². The number of nitrogens with one attached hydrogen (secondary N) is 1. The summed E-state index contributed by atoms with van der Waals surface area (Å²) in [6, 6.07) is 6.02. The molecule has 0 amide bonds. The van der Waals surface area contributed by atoms with Gasteiger partial charge in [0.05, 0.1) is 23.3 Å². The molecule has 2 aromatic heterocycles. The van der Waals surface area contributed by atoms with E-state index in [-0.39, 0.29) is 0 Å². The van der Waals surface area contributed by atoms with Crippen LogP contribution in [-0.4, -0.2) is 16.1 Å². The van der Waals surface area contributed by atoms with Crippen LogP contribution in [-0.2, 0) is 13.1 Å². The molecular weight excluding hydrogens is 220 g/mol. The van der Waals surface area contributed by atoms with Crippen molar-refractivity contribution in [3.63, 3.8) is 0 Å². The number of aromatic nitrogens is 2. The van der Waals surface area contributed by atoms with Crippen molar-refractivity contribution in [2.24, 2.45) is 0 Å². The van der Waals surface area contributed by atoms with Crippen LogP contribution in [0.15, 0.2) is 18.3 Å². The van der Waals surface area contributed by atoms with Gasteiger partial charge in [0.25, 0.3) is 0 Å². The fraction of sp³-hybridized carbons (Fsp3) is 0.273. The van der Waals surface area contributed by atoms with Crippen LogP contribution < -0.4 is 5.32 Å². The van der Waals surface area contributed by atoms with Crippen LogP contribution in [0, 0.1) is 11.3 Å². The first-order valence-corrected chi connectivity index (χ1v) is 5.95. The monoisotopic (exact) mass is 230 g/mol. The minimum Gasteiger partial charge on any atom is -0.325 e. The summed E-state index contributed by atoms with van der Waals surface area (Å²) in [5.41, 5.74) is 1.13. The van der Waals surface area contributed by atoms with E-state index in [2.05, 4.69) is 20.9 Å². The highest BCUT2D eigenvalue weighted by Crippen LogP contribution is 2.28. The molecule has 1 aliphatic rings. The SMILES string of the molecule is N#Cc1ccc(-c2cnc3n2CCNC3)s1. The number of fused-ring (bicyclic) bond motifs is 1. The van der Waals surface area contributed by atoms with Gasteiger partial charge in [-0.1, -0.05) is 0 Å². The maximum Gasteiger partial charge on any atom is 0.123 e. The van der Waals surface area contributed by atoms with Gasteiger partial charge in [0.2, 0.25) is 0 Å². The number of hydrogen-bond acceptors (Lipinski definition) is 4. The molecule has 0 saturated carbocycles. The number of nitrogens with zero attached hydrogens (tertiary/aromatic N) is 3. The van der Waals surface area contributed by atoms with Crippen LogP contribution in [0.25, 0.3) is 10.6 Å². The Morgan fingerprint density at radius 1 is 1.50 bits per heavy atom. The lowest BCUT2D eigenvalue weighted by Crippen LogP contribution is -2.28. The molecule has 0 fully saturated rings. The Morgan fingerprint density at radius 3 is 3.25 bits per heavy atom. The fourth-order valence-corrected chi connectivity index (χ4v) is 2.75. The second kappa shape index (κ2) is 3.74. The summed E-state index contributed by atoms with van der Waals surface area (Å²) < 4.78 is 2.23. The average Bonchev–Trinajstić information content (AvgIpc) is 2.94. The van der Waals surface area contributed by atoms with Crippen molar-refractivity contribution in [3.05, 3.63) is 29.0 Å². The molecule has 16 heavy (non-hydrogen) atoms. The predicted octanol–water partition coefficient (Wildman–Crippen LogP) is 1.59. The van der Waals surface area contributed by atoms with Crippen molar-refractivity contribution in [3.8, 4) is 16.6 Å². The lowest BCUT2D eigenvalue weighted by molar-refractivity contribution is 0.509. The minimum absolute atomic E-state index is 0.750. The molecule has 0 radical (unpaired) electrons. The van der Waals surface area contributed by atoms with Crippen LogP contribution in [0.2, 0.25) is 0 Å². The summed E-state index contributed by atoms with van der Waals surface area (Å²) in [5, 5.41) is 12.1. The summed E-state index contributed by atoms with van der Waals surface area (Å²) in [5.74, 6) is 1.08. The van der Waals surface area contributed by atoms with E-state index in [1.54, 1.807) is 0 Å². The topological polar surface area (TPSA) is 53.6 Å². The van der Waals surface area contributed by atoms with Gasteiger partial charge in [-0.3, -0.25) is 0 Å². The molecule has 0 unspecified atom stereocenters. The second-order valence-electron chi connectivity index (χ2n) is 3.66. The molecule has 2 aromatic rings. The van der Waals surface area contributed by atoms with Crippen LogP contribution in [0.4, 0.5) is 0 Å². The predicted molar refractivity (Wildman–Crippen MR) is 62.0 cm³/mol. The lowest BCUT2D eigenvalue weighted by atomic mass is 10.3. The highest BCUT2D eigenvalue weighted by atomic mass is 32.1. The molecule has 5 heteroatoms. The summed E-state index contributed by atoms with van der Waals surface area (Å²) in [7, 11) is 0. The normalized spacial score (nSPS) is 14.4. The fourth-order valence-electron chi connectivity index (χ4n) is 1.93. The lowest BCUT2D eigenvalue weighted by Gasteiger charge is -2.16. The summed E-state index contributed by atoms with van der Waals surface area (Å²) in [4.78, 5) is 6.26. The van der Waals surface area contributed by atoms with Crippen LogP contribution in [0.3, 0.4) is 0 Å². The first-order valence-electron chi connectivity index (χ1n) is 5.14. The molecule has 4 nitrogen and oxygen atoms in total. The number of hydrogen-bond donors (Lipinski definition) is 1. The van der Waals surface area contributed by atoms with E-state index in [0.717, 1.165) is 40.9 Å². The maximum atomic E-state index is 8.81. The highest BCUT2D eigenvalue weighted by molar-refractivity contribution is 7.15. The largest absolute Gasteiger partial charge is 0.325 e. The zero-order valence-electron chi connectivity index (χ0n) is 8.60. The molecule has 0 spiro atoms. The molecule has 0 bridgehead atoms.